The highest BCUT2D eigenvalue weighted by atomic mass is 35.5. The van der Waals surface area contributed by atoms with Gasteiger partial charge >= 0.3 is 0 Å². The Morgan fingerprint density at radius 1 is 1.00 bits per heavy atom. The van der Waals surface area contributed by atoms with Gasteiger partial charge in [-0.25, -0.2) is 13.4 Å². The molecule has 0 spiro atoms. The number of rotatable bonds is 12. The van der Waals surface area contributed by atoms with Crippen LogP contribution in [-0.2, 0) is 10.0 Å². The molecule has 0 atom stereocenters. The fourth-order valence-electron chi connectivity index (χ4n) is 3.12. The average molecular weight is 505 g/mol. The summed E-state index contributed by atoms with van der Waals surface area (Å²) >= 11 is 6.27. The van der Waals surface area contributed by atoms with Gasteiger partial charge in [-0.3, -0.25) is 4.72 Å². The lowest BCUT2D eigenvalue weighted by atomic mass is 10.2. The first kappa shape index (κ1) is 25.5. The SMILES string of the molecule is CCN(CC)CCOc1ccc(Nc2ncc(Cl)c(Nc3ccccc3NS(C)(=O)=O)n2)cc1. The molecule has 0 fully saturated rings. The molecule has 0 radical (unpaired) electrons. The van der Waals surface area contributed by atoms with Crippen molar-refractivity contribution in [3.8, 4) is 5.75 Å². The van der Waals surface area contributed by atoms with Crippen molar-refractivity contribution in [1.82, 2.24) is 14.9 Å². The molecule has 0 bridgehead atoms. The Balaban J connectivity index is 1.67. The van der Waals surface area contributed by atoms with Crippen LogP contribution in [0, 0.1) is 0 Å². The Hall–Kier alpha value is -3.08. The number of anilines is 5. The Morgan fingerprint density at radius 3 is 2.32 bits per heavy atom. The molecule has 3 rings (SSSR count). The fraction of sp³-hybridized carbons (Fsp3) is 0.304. The Labute approximate surface area is 205 Å². The van der Waals surface area contributed by atoms with Gasteiger partial charge in [0.15, 0.2) is 5.82 Å². The molecule has 1 aromatic heterocycles. The molecule has 1 heterocycles. The van der Waals surface area contributed by atoms with Gasteiger partial charge in [0.25, 0.3) is 0 Å². The van der Waals surface area contributed by atoms with E-state index in [1.54, 1.807) is 24.3 Å². The van der Waals surface area contributed by atoms with E-state index in [2.05, 4.69) is 44.1 Å². The Bertz CT molecular complexity index is 1190. The number of ether oxygens (including phenoxy) is 1. The number of nitrogens with one attached hydrogen (secondary N) is 3. The fourth-order valence-corrected chi connectivity index (χ4v) is 3.84. The predicted octanol–water partition coefficient (Wildman–Crippen LogP) is 4.71. The number of aromatic nitrogens is 2. The molecule has 182 valence electrons. The number of halogens is 1. The molecule has 11 heteroatoms. The average Bonchev–Trinajstić information content (AvgIpc) is 2.80. The van der Waals surface area contributed by atoms with E-state index < -0.39 is 10.0 Å². The molecular formula is C23H29ClN6O3S. The minimum absolute atomic E-state index is 0.289. The predicted molar refractivity (Wildman–Crippen MR) is 138 cm³/mol. The summed E-state index contributed by atoms with van der Waals surface area (Å²) in [7, 11) is -3.45. The molecule has 0 amide bonds. The summed E-state index contributed by atoms with van der Waals surface area (Å²) < 4.78 is 31.6. The molecule has 0 unspecified atom stereocenters. The molecule has 0 aliphatic heterocycles. The van der Waals surface area contributed by atoms with Crippen LogP contribution in [0.2, 0.25) is 5.02 Å². The van der Waals surface area contributed by atoms with E-state index >= 15 is 0 Å². The number of likely N-dealkylation sites (N-methyl/N-ethyl adjacent to an activating group) is 1. The zero-order valence-corrected chi connectivity index (χ0v) is 20.9. The van der Waals surface area contributed by atoms with Gasteiger partial charge in [0.05, 0.1) is 23.8 Å². The largest absolute Gasteiger partial charge is 0.492 e. The van der Waals surface area contributed by atoms with Crippen LogP contribution in [0.4, 0.5) is 28.8 Å². The topological polar surface area (TPSA) is 108 Å². The maximum atomic E-state index is 11.7. The highest BCUT2D eigenvalue weighted by Crippen LogP contribution is 2.29. The Kier molecular flexibility index (Phi) is 8.91. The lowest BCUT2D eigenvalue weighted by Crippen LogP contribution is -2.27. The van der Waals surface area contributed by atoms with Gasteiger partial charge in [-0.05, 0) is 49.5 Å². The molecule has 0 aliphatic carbocycles. The minimum Gasteiger partial charge on any atom is -0.492 e. The second-order valence-corrected chi connectivity index (χ2v) is 9.62. The summed E-state index contributed by atoms with van der Waals surface area (Å²) in [5.41, 5.74) is 1.67. The molecule has 0 aliphatic rings. The Morgan fingerprint density at radius 2 is 1.68 bits per heavy atom. The van der Waals surface area contributed by atoms with Crippen molar-refractivity contribution in [3.63, 3.8) is 0 Å². The number of para-hydroxylation sites is 2. The summed E-state index contributed by atoms with van der Waals surface area (Å²) in [5.74, 6) is 1.45. The standard InChI is InChI=1S/C23H29ClN6O3S/c1-4-30(5-2)14-15-33-18-12-10-17(11-13-18)26-23-25-16-19(24)22(28-23)27-20-8-6-7-9-21(20)29-34(3,31)32/h6-13,16,29H,4-5,14-15H2,1-3H3,(H2,25,26,27,28). The molecule has 9 nitrogen and oxygen atoms in total. The van der Waals surface area contributed by atoms with Crippen LogP contribution >= 0.6 is 11.6 Å². The summed E-state index contributed by atoms with van der Waals surface area (Å²) in [6.07, 6.45) is 2.56. The van der Waals surface area contributed by atoms with Crippen LogP contribution in [0.5, 0.6) is 5.75 Å². The van der Waals surface area contributed by atoms with Crippen LogP contribution < -0.4 is 20.1 Å². The molecule has 2 aromatic carbocycles. The highest BCUT2D eigenvalue weighted by molar-refractivity contribution is 7.92. The van der Waals surface area contributed by atoms with Crippen LogP contribution in [0.15, 0.2) is 54.7 Å². The summed E-state index contributed by atoms with van der Waals surface area (Å²) in [5, 5.41) is 6.49. The van der Waals surface area contributed by atoms with Gasteiger partial charge in [0.2, 0.25) is 16.0 Å². The minimum atomic E-state index is -3.45. The van der Waals surface area contributed by atoms with Gasteiger partial charge in [0, 0.05) is 12.2 Å². The van der Waals surface area contributed by atoms with Crippen molar-refractivity contribution in [3.05, 3.63) is 59.8 Å². The van der Waals surface area contributed by atoms with Crippen molar-refractivity contribution >= 4 is 50.5 Å². The van der Waals surface area contributed by atoms with Crippen molar-refractivity contribution in [2.45, 2.75) is 13.8 Å². The van der Waals surface area contributed by atoms with Crippen molar-refractivity contribution in [2.75, 3.05) is 47.9 Å². The normalized spacial score (nSPS) is 11.3. The number of sulfonamides is 1. The van der Waals surface area contributed by atoms with Crippen LogP contribution in [-0.4, -0.2) is 55.8 Å². The van der Waals surface area contributed by atoms with Crippen molar-refractivity contribution < 1.29 is 13.2 Å². The van der Waals surface area contributed by atoms with E-state index in [9.17, 15) is 8.42 Å². The molecule has 0 saturated heterocycles. The van der Waals surface area contributed by atoms with E-state index in [0.717, 1.165) is 37.3 Å². The van der Waals surface area contributed by atoms with E-state index in [1.165, 1.54) is 6.20 Å². The zero-order valence-electron chi connectivity index (χ0n) is 19.4. The lowest BCUT2D eigenvalue weighted by molar-refractivity contribution is 0.223. The van der Waals surface area contributed by atoms with Crippen LogP contribution in [0.25, 0.3) is 0 Å². The van der Waals surface area contributed by atoms with Gasteiger partial charge in [-0.2, -0.15) is 4.98 Å². The van der Waals surface area contributed by atoms with Crippen LogP contribution in [0.3, 0.4) is 0 Å². The molecule has 34 heavy (non-hydrogen) atoms. The zero-order chi connectivity index (χ0) is 24.6. The number of benzene rings is 2. The van der Waals surface area contributed by atoms with Crippen molar-refractivity contribution in [2.24, 2.45) is 0 Å². The monoisotopic (exact) mass is 504 g/mol. The van der Waals surface area contributed by atoms with E-state index in [0.29, 0.717) is 29.7 Å². The highest BCUT2D eigenvalue weighted by Gasteiger charge is 2.11. The van der Waals surface area contributed by atoms with Gasteiger partial charge in [0.1, 0.15) is 17.4 Å². The second kappa shape index (κ2) is 11.9. The second-order valence-electron chi connectivity index (χ2n) is 7.46. The first-order chi connectivity index (χ1) is 16.3. The third kappa shape index (κ3) is 7.75. The maximum Gasteiger partial charge on any atom is 0.229 e. The summed E-state index contributed by atoms with van der Waals surface area (Å²) in [6, 6.07) is 14.4. The van der Waals surface area contributed by atoms with Crippen molar-refractivity contribution in [1.29, 1.82) is 0 Å². The van der Waals surface area contributed by atoms with E-state index in [-0.39, 0.29) is 5.02 Å². The van der Waals surface area contributed by atoms with Gasteiger partial charge < -0.3 is 20.3 Å². The molecular weight excluding hydrogens is 476 g/mol. The third-order valence-corrected chi connectivity index (χ3v) is 5.77. The van der Waals surface area contributed by atoms with E-state index in [4.69, 9.17) is 16.3 Å². The first-order valence-corrected chi connectivity index (χ1v) is 13.1. The third-order valence-electron chi connectivity index (χ3n) is 4.90. The lowest BCUT2D eigenvalue weighted by Gasteiger charge is -2.18. The first-order valence-electron chi connectivity index (χ1n) is 10.9. The van der Waals surface area contributed by atoms with Gasteiger partial charge in [-0.1, -0.05) is 37.6 Å². The quantitative estimate of drug-likeness (QED) is 0.325. The van der Waals surface area contributed by atoms with Crippen LogP contribution in [0.1, 0.15) is 13.8 Å². The molecule has 0 saturated carbocycles. The number of nitrogens with zero attached hydrogens (tertiary/aromatic N) is 3. The number of hydrogen-bond acceptors (Lipinski definition) is 8. The maximum absolute atomic E-state index is 11.7. The summed E-state index contributed by atoms with van der Waals surface area (Å²) in [4.78, 5) is 11.0. The molecule has 3 aromatic rings. The molecule has 3 N–H and O–H groups in total. The number of hydrogen-bond donors (Lipinski definition) is 3. The van der Waals surface area contributed by atoms with Gasteiger partial charge in [-0.15, -0.1) is 0 Å². The smallest absolute Gasteiger partial charge is 0.229 e. The van der Waals surface area contributed by atoms with E-state index in [1.807, 2.05) is 24.3 Å². The summed E-state index contributed by atoms with van der Waals surface area (Å²) in [6.45, 7) is 7.77.